The zero-order valence-electron chi connectivity index (χ0n) is 15.3. The van der Waals surface area contributed by atoms with Crippen molar-refractivity contribution in [3.8, 4) is 0 Å². The molecule has 1 aliphatic rings. The van der Waals surface area contributed by atoms with Gasteiger partial charge in [-0.25, -0.2) is 4.39 Å². The third-order valence-electron chi connectivity index (χ3n) is 5.01. The van der Waals surface area contributed by atoms with E-state index in [2.05, 4.69) is 24.1 Å². The fraction of sp³-hybridized carbons (Fsp3) is 0.600. The Balaban J connectivity index is 1.62. The Morgan fingerprint density at radius 2 is 1.84 bits per heavy atom. The molecule has 5 heteroatoms. The highest BCUT2D eigenvalue weighted by Crippen LogP contribution is 2.17. The second-order valence-corrected chi connectivity index (χ2v) is 7.16. The van der Waals surface area contributed by atoms with Gasteiger partial charge in [-0.1, -0.05) is 6.92 Å². The van der Waals surface area contributed by atoms with Crippen molar-refractivity contribution in [2.75, 3.05) is 19.6 Å². The van der Waals surface area contributed by atoms with Crippen LogP contribution < -0.4 is 5.32 Å². The lowest BCUT2D eigenvalue weighted by atomic mass is 9.98. The van der Waals surface area contributed by atoms with Crippen molar-refractivity contribution < 1.29 is 14.0 Å². The molecule has 0 bridgehead atoms. The number of ketones is 1. The molecule has 1 atom stereocenters. The highest BCUT2D eigenvalue weighted by atomic mass is 19.1. The quantitative estimate of drug-likeness (QED) is 0.733. The van der Waals surface area contributed by atoms with Crippen molar-refractivity contribution in [2.45, 2.75) is 52.0 Å². The average molecular weight is 348 g/mol. The van der Waals surface area contributed by atoms with E-state index < -0.39 is 0 Å². The summed E-state index contributed by atoms with van der Waals surface area (Å²) in [6, 6.07) is 5.88. The molecule has 0 saturated carbocycles. The summed E-state index contributed by atoms with van der Waals surface area (Å²) in [7, 11) is 0. The normalized spacial score (nSPS) is 17.2. The number of carbonyl (C=O) groups excluding carboxylic acids is 2. The summed E-state index contributed by atoms with van der Waals surface area (Å²) < 4.78 is 12.8. The summed E-state index contributed by atoms with van der Waals surface area (Å²) in [5, 5.41) is 2.97. The van der Waals surface area contributed by atoms with Crippen molar-refractivity contribution in [3.05, 3.63) is 35.6 Å². The molecule has 0 aliphatic carbocycles. The summed E-state index contributed by atoms with van der Waals surface area (Å²) in [5.41, 5.74) is 0.495. The lowest BCUT2D eigenvalue weighted by molar-refractivity contribution is -0.121. The van der Waals surface area contributed by atoms with E-state index in [-0.39, 0.29) is 17.5 Å². The van der Waals surface area contributed by atoms with Crippen LogP contribution in [0.3, 0.4) is 0 Å². The van der Waals surface area contributed by atoms with E-state index in [9.17, 15) is 14.0 Å². The number of hydrogen-bond acceptors (Lipinski definition) is 3. The van der Waals surface area contributed by atoms with Gasteiger partial charge in [-0.15, -0.1) is 0 Å². The summed E-state index contributed by atoms with van der Waals surface area (Å²) in [4.78, 5) is 26.4. The molecule has 4 nitrogen and oxygen atoms in total. The Morgan fingerprint density at radius 3 is 2.48 bits per heavy atom. The molecule has 0 spiro atoms. The van der Waals surface area contributed by atoms with Crippen LogP contribution in [0.4, 0.5) is 4.39 Å². The first-order valence-electron chi connectivity index (χ1n) is 9.25. The maximum Gasteiger partial charge on any atom is 0.220 e. The predicted molar refractivity (Wildman–Crippen MR) is 97.0 cm³/mol. The number of likely N-dealkylation sites (tertiary alicyclic amines) is 1. The van der Waals surface area contributed by atoms with Gasteiger partial charge in [0.05, 0.1) is 0 Å². The second-order valence-electron chi connectivity index (χ2n) is 7.16. The molecule has 1 saturated heterocycles. The molecule has 1 heterocycles. The van der Waals surface area contributed by atoms with Gasteiger partial charge in [-0.05, 0) is 69.5 Å². The molecule has 1 N–H and O–H groups in total. The first-order valence-corrected chi connectivity index (χ1v) is 9.25. The van der Waals surface area contributed by atoms with Crippen molar-refractivity contribution in [1.82, 2.24) is 10.2 Å². The summed E-state index contributed by atoms with van der Waals surface area (Å²) in [6.45, 7) is 7.29. The van der Waals surface area contributed by atoms with Gasteiger partial charge in [0.25, 0.3) is 0 Å². The number of Topliss-reactive ketones (excluding diaryl/α,β-unsaturated/α-hetero) is 1. The Bertz CT molecular complexity index is 566. The fourth-order valence-electron chi connectivity index (χ4n) is 3.14. The average Bonchev–Trinajstić information content (AvgIpc) is 2.60. The molecule has 1 aliphatic heterocycles. The Kier molecular flexibility index (Phi) is 7.56. The number of carbonyl (C=O) groups is 2. The molecule has 0 radical (unpaired) electrons. The molecule has 1 fully saturated rings. The minimum absolute atomic E-state index is 0.0101. The molecule has 0 aromatic heterocycles. The van der Waals surface area contributed by atoms with Crippen molar-refractivity contribution >= 4 is 11.7 Å². The molecule has 1 aromatic rings. The zero-order valence-corrected chi connectivity index (χ0v) is 15.3. The maximum absolute atomic E-state index is 12.8. The van der Waals surface area contributed by atoms with E-state index in [0.717, 1.165) is 19.0 Å². The summed E-state index contributed by atoms with van der Waals surface area (Å²) in [6.07, 6.45) is 3.61. The van der Waals surface area contributed by atoms with E-state index in [4.69, 9.17) is 0 Å². The molecule has 1 unspecified atom stereocenters. The number of rotatable bonds is 8. The Morgan fingerprint density at radius 1 is 1.20 bits per heavy atom. The molecule has 2 rings (SSSR count). The van der Waals surface area contributed by atoms with Gasteiger partial charge in [0.2, 0.25) is 5.91 Å². The Hall–Kier alpha value is -1.75. The molecular weight excluding hydrogens is 319 g/mol. The lowest BCUT2D eigenvalue weighted by Gasteiger charge is -2.35. The number of amides is 1. The number of piperidine rings is 1. The number of nitrogens with one attached hydrogen (secondary N) is 1. The predicted octanol–water partition coefficient (Wildman–Crippen LogP) is 3.42. The van der Waals surface area contributed by atoms with Crippen LogP contribution in [0.25, 0.3) is 0 Å². The van der Waals surface area contributed by atoms with Crippen LogP contribution in [-0.2, 0) is 4.79 Å². The highest BCUT2D eigenvalue weighted by molar-refractivity contribution is 5.96. The van der Waals surface area contributed by atoms with E-state index in [1.54, 1.807) is 0 Å². The van der Waals surface area contributed by atoms with Crippen LogP contribution in [-0.4, -0.2) is 42.3 Å². The minimum Gasteiger partial charge on any atom is -0.355 e. The van der Waals surface area contributed by atoms with E-state index in [1.165, 1.54) is 37.1 Å². The third kappa shape index (κ3) is 6.58. The number of halogens is 1. The van der Waals surface area contributed by atoms with Gasteiger partial charge in [-0.3, -0.25) is 14.5 Å². The number of benzene rings is 1. The first kappa shape index (κ1) is 19.6. The van der Waals surface area contributed by atoms with Crippen LogP contribution in [0, 0.1) is 11.7 Å². The second kappa shape index (κ2) is 9.66. The molecule has 1 aromatic carbocycles. The van der Waals surface area contributed by atoms with Crippen LogP contribution in [0.1, 0.15) is 56.3 Å². The smallest absolute Gasteiger partial charge is 0.220 e. The van der Waals surface area contributed by atoms with Crippen LogP contribution in [0.2, 0.25) is 0 Å². The largest absolute Gasteiger partial charge is 0.355 e. The van der Waals surface area contributed by atoms with Gasteiger partial charge < -0.3 is 5.32 Å². The van der Waals surface area contributed by atoms with Gasteiger partial charge >= 0.3 is 0 Å². The maximum atomic E-state index is 12.8. The third-order valence-corrected chi connectivity index (χ3v) is 5.01. The molecule has 1 amide bonds. The Labute approximate surface area is 149 Å². The van der Waals surface area contributed by atoms with Crippen LogP contribution in [0.5, 0.6) is 0 Å². The van der Waals surface area contributed by atoms with Crippen LogP contribution >= 0.6 is 0 Å². The standard InChI is InChI=1S/C20H29FN2O2/c1-15-10-12-23(13-11-15)16(2)14-22-20(25)5-3-4-19(24)17-6-8-18(21)9-7-17/h6-9,15-16H,3-5,10-14H2,1-2H3,(H,22,25). The van der Waals surface area contributed by atoms with Gasteiger partial charge in [-0.2, -0.15) is 0 Å². The molecular formula is C20H29FN2O2. The number of nitrogens with zero attached hydrogens (tertiary/aromatic N) is 1. The van der Waals surface area contributed by atoms with E-state index in [1.807, 2.05) is 0 Å². The van der Waals surface area contributed by atoms with Crippen molar-refractivity contribution in [3.63, 3.8) is 0 Å². The minimum atomic E-state index is -0.354. The monoisotopic (exact) mass is 348 g/mol. The molecule has 25 heavy (non-hydrogen) atoms. The van der Waals surface area contributed by atoms with E-state index in [0.29, 0.717) is 37.4 Å². The lowest BCUT2D eigenvalue weighted by Crippen LogP contribution is -2.45. The van der Waals surface area contributed by atoms with Gasteiger partial charge in [0.1, 0.15) is 5.82 Å². The zero-order chi connectivity index (χ0) is 18.2. The van der Waals surface area contributed by atoms with Gasteiger partial charge in [0.15, 0.2) is 5.78 Å². The molecule has 138 valence electrons. The summed E-state index contributed by atoms with van der Waals surface area (Å²) in [5.74, 6) is 0.387. The fourth-order valence-corrected chi connectivity index (χ4v) is 3.14. The first-order chi connectivity index (χ1) is 12.0. The summed E-state index contributed by atoms with van der Waals surface area (Å²) >= 11 is 0. The highest BCUT2D eigenvalue weighted by Gasteiger charge is 2.20. The van der Waals surface area contributed by atoms with Gasteiger partial charge in [0, 0.05) is 31.0 Å². The number of hydrogen-bond donors (Lipinski definition) is 1. The van der Waals surface area contributed by atoms with Crippen molar-refractivity contribution in [1.29, 1.82) is 0 Å². The van der Waals surface area contributed by atoms with Crippen LogP contribution in [0.15, 0.2) is 24.3 Å². The van der Waals surface area contributed by atoms with E-state index >= 15 is 0 Å². The topological polar surface area (TPSA) is 49.4 Å². The van der Waals surface area contributed by atoms with Crippen molar-refractivity contribution in [2.24, 2.45) is 5.92 Å². The SMILES string of the molecule is CC1CCN(C(C)CNC(=O)CCCC(=O)c2ccc(F)cc2)CC1.